The van der Waals surface area contributed by atoms with Gasteiger partial charge in [0.1, 0.15) is 17.2 Å². The molecule has 142 valence electrons. The van der Waals surface area contributed by atoms with E-state index in [9.17, 15) is 8.42 Å². The van der Waals surface area contributed by atoms with Crippen molar-refractivity contribution >= 4 is 27.3 Å². The molecule has 0 aromatic heterocycles. The lowest BCUT2D eigenvalue weighted by molar-refractivity contribution is 0.309. The third-order valence-electron chi connectivity index (χ3n) is 3.62. The van der Waals surface area contributed by atoms with Gasteiger partial charge in [-0.2, -0.15) is 0 Å². The van der Waals surface area contributed by atoms with Gasteiger partial charge in [0.25, 0.3) is 10.0 Å². The molecule has 0 spiro atoms. The molecule has 26 heavy (non-hydrogen) atoms. The van der Waals surface area contributed by atoms with Gasteiger partial charge in [-0.25, -0.2) is 8.42 Å². The maximum atomic E-state index is 12.6. The fourth-order valence-electron chi connectivity index (χ4n) is 2.19. The molecule has 0 fully saturated rings. The van der Waals surface area contributed by atoms with Gasteiger partial charge in [0.15, 0.2) is 0 Å². The standard InChI is InChI=1S/C18H22ClNO5S/c1-4-5-10-25-13-6-8-14(9-7-13)26(21,22)20-16-12-17(23-2)15(19)11-18(16)24-3/h6-9,11-12,20H,4-5,10H2,1-3H3. The number of ether oxygens (including phenoxy) is 3. The Morgan fingerprint density at radius 1 is 1.04 bits per heavy atom. The fourth-order valence-corrected chi connectivity index (χ4v) is 3.49. The number of anilines is 1. The van der Waals surface area contributed by atoms with Crippen LogP contribution in [-0.2, 0) is 10.0 Å². The summed E-state index contributed by atoms with van der Waals surface area (Å²) in [5.41, 5.74) is 0.233. The predicted molar refractivity (Wildman–Crippen MR) is 102 cm³/mol. The summed E-state index contributed by atoms with van der Waals surface area (Å²) in [7, 11) is -0.933. The second-order valence-electron chi connectivity index (χ2n) is 5.47. The average molecular weight is 400 g/mol. The molecule has 2 aromatic rings. The predicted octanol–water partition coefficient (Wildman–Crippen LogP) is 4.34. The Morgan fingerprint density at radius 2 is 1.69 bits per heavy atom. The smallest absolute Gasteiger partial charge is 0.262 e. The number of hydrogen-bond acceptors (Lipinski definition) is 5. The topological polar surface area (TPSA) is 73.9 Å². The van der Waals surface area contributed by atoms with E-state index in [4.69, 9.17) is 25.8 Å². The van der Waals surface area contributed by atoms with E-state index in [1.807, 2.05) is 0 Å². The Hall–Kier alpha value is -2.12. The van der Waals surface area contributed by atoms with E-state index >= 15 is 0 Å². The van der Waals surface area contributed by atoms with Gasteiger partial charge in [-0.05, 0) is 30.7 Å². The third-order valence-corrected chi connectivity index (χ3v) is 5.30. The first-order chi connectivity index (χ1) is 12.4. The minimum atomic E-state index is -3.81. The summed E-state index contributed by atoms with van der Waals surface area (Å²) in [6, 6.07) is 9.20. The monoisotopic (exact) mass is 399 g/mol. The van der Waals surface area contributed by atoms with Crippen LogP contribution in [0.2, 0.25) is 5.02 Å². The molecule has 0 saturated carbocycles. The SMILES string of the molecule is CCCCOc1ccc(S(=O)(=O)Nc2cc(OC)c(Cl)cc2OC)cc1. The molecule has 0 bridgehead atoms. The van der Waals surface area contributed by atoms with Crippen LogP contribution in [0.25, 0.3) is 0 Å². The lowest BCUT2D eigenvalue weighted by Crippen LogP contribution is -2.13. The molecule has 0 heterocycles. The van der Waals surface area contributed by atoms with Crippen LogP contribution in [0.15, 0.2) is 41.3 Å². The van der Waals surface area contributed by atoms with Crippen molar-refractivity contribution in [1.82, 2.24) is 0 Å². The Kier molecular flexibility index (Phi) is 6.99. The van der Waals surface area contributed by atoms with E-state index in [1.165, 1.54) is 38.5 Å². The van der Waals surface area contributed by atoms with Crippen LogP contribution in [-0.4, -0.2) is 29.2 Å². The first-order valence-corrected chi connectivity index (χ1v) is 9.94. The lowest BCUT2D eigenvalue weighted by Gasteiger charge is -2.14. The van der Waals surface area contributed by atoms with Crippen molar-refractivity contribution in [2.75, 3.05) is 25.5 Å². The highest BCUT2D eigenvalue weighted by Gasteiger charge is 2.18. The number of halogens is 1. The molecule has 0 aliphatic rings. The molecular weight excluding hydrogens is 378 g/mol. The Bertz CT molecular complexity index is 837. The van der Waals surface area contributed by atoms with Crippen molar-refractivity contribution in [2.24, 2.45) is 0 Å². The maximum Gasteiger partial charge on any atom is 0.262 e. The number of methoxy groups -OCH3 is 2. The zero-order valence-corrected chi connectivity index (χ0v) is 16.5. The van der Waals surface area contributed by atoms with Crippen LogP contribution in [0.3, 0.4) is 0 Å². The molecule has 6 nitrogen and oxygen atoms in total. The minimum Gasteiger partial charge on any atom is -0.495 e. The number of sulfonamides is 1. The van der Waals surface area contributed by atoms with Gasteiger partial charge in [-0.1, -0.05) is 24.9 Å². The number of hydrogen-bond donors (Lipinski definition) is 1. The Morgan fingerprint density at radius 3 is 2.27 bits per heavy atom. The van der Waals surface area contributed by atoms with Crippen LogP contribution < -0.4 is 18.9 Å². The molecular formula is C18H22ClNO5S. The molecule has 1 N–H and O–H groups in total. The third kappa shape index (κ3) is 4.95. The van der Waals surface area contributed by atoms with E-state index in [-0.39, 0.29) is 10.6 Å². The van der Waals surface area contributed by atoms with Gasteiger partial charge < -0.3 is 14.2 Å². The average Bonchev–Trinajstić information content (AvgIpc) is 2.63. The maximum absolute atomic E-state index is 12.6. The number of unbranched alkanes of at least 4 members (excludes halogenated alkanes) is 1. The number of nitrogens with one attached hydrogen (secondary N) is 1. The molecule has 2 aromatic carbocycles. The molecule has 0 aliphatic heterocycles. The van der Waals surface area contributed by atoms with E-state index in [1.54, 1.807) is 12.1 Å². The molecule has 0 aliphatic carbocycles. The van der Waals surface area contributed by atoms with E-state index in [0.29, 0.717) is 28.9 Å². The Balaban J connectivity index is 2.23. The molecule has 0 atom stereocenters. The first kappa shape index (κ1) is 20.2. The van der Waals surface area contributed by atoms with Crippen LogP contribution in [0.4, 0.5) is 5.69 Å². The molecule has 8 heteroatoms. The normalized spacial score (nSPS) is 11.1. The second-order valence-corrected chi connectivity index (χ2v) is 7.56. The summed E-state index contributed by atoms with van der Waals surface area (Å²) in [6.07, 6.45) is 1.97. The van der Waals surface area contributed by atoms with Crippen LogP contribution in [0.5, 0.6) is 17.2 Å². The summed E-state index contributed by atoms with van der Waals surface area (Å²) >= 11 is 6.04. The van der Waals surface area contributed by atoms with E-state index < -0.39 is 10.0 Å². The van der Waals surface area contributed by atoms with E-state index in [0.717, 1.165) is 12.8 Å². The zero-order chi connectivity index (χ0) is 19.2. The second kappa shape index (κ2) is 9.00. The van der Waals surface area contributed by atoms with E-state index in [2.05, 4.69) is 11.6 Å². The largest absolute Gasteiger partial charge is 0.495 e. The van der Waals surface area contributed by atoms with Gasteiger partial charge in [0, 0.05) is 12.1 Å². The highest BCUT2D eigenvalue weighted by molar-refractivity contribution is 7.92. The first-order valence-electron chi connectivity index (χ1n) is 8.08. The molecule has 2 rings (SSSR count). The van der Waals surface area contributed by atoms with Crippen molar-refractivity contribution in [2.45, 2.75) is 24.7 Å². The highest BCUT2D eigenvalue weighted by atomic mass is 35.5. The fraction of sp³-hybridized carbons (Fsp3) is 0.333. The van der Waals surface area contributed by atoms with Gasteiger partial charge in [-0.3, -0.25) is 4.72 Å². The summed E-state index contributed by atoms with van der Waals surface area (Å²) in [4.78, 5) is 0.108. The number of benzene rings is 2. The van der Waals surface area contributed by atoms with Crippen LogP contribution in [0, 0.1) is 0 Å². The van der Waals surface area contributed by atoms with Gasteiger partial charge >= 0.3 is 0 Å². The van der Waals surface area contributed by atoms with Gasteiger partial charge in [0.05, 0.1) is 36.4 Å². The zero-order valence-electron chi connectivity index (χ0n) is 14.9. The summed E-state index contributed by atoms with van der Waals surface area (Å²) < 4.78 is 43.7. The Labute approximate surface area is 159 Å². The van der Waals surface area contributed by atoms with Crippen LogP contribution in [0.1, 0.15) is 19.8 Å². The lowest BCUT2D eigenvalue weighted by atomic mass is 10.3. The molecule has 0 unspecified atom stereocenters. The summed E-state index contributed by atoms with van der Waals surface area (Å²) in [6.45, 7) is 2.67. The van der Waals surface area contributed by atoms with Crippen molar-refractivity contribution in [1.29, 1.82) is 0 Å². The van der Waals surface area contributed by atoms with Crippen LogP contribution >= 0.6 is 11.6 Å². The van der Waals surface area contributed by atoms with Crippen molar-refractivity contribution in [3.63, 3.8) is 0 Å². The summed E-state index contributed by atoms with van der Waals surface area (Å²) in [5, 5.41) is 0.320. The van der Waals surface area contributed by atoms with Gasteiger partial charge in [0.2, 0.25) is 0 Å². The highest BCUT2D eigenvalue weighted by Crippen LogP contribution is 2.37. The van der Waals surface area contributed by atoms with Crippen molar-refractivity contribution in [3.8, 4) is 17.2 Å². The molecule has 0 amide bonds. The molecule has 0 saturated heterocycles. The quantitative estimate of drug-likeness (QED) is 0.635. The van der Waals surface area contributed by atoms with Gasteiger partial charge in [-0.15, -0.1) is 0 Å². The molecule has 0 radical (unpaired) electrons. The van der Waals surface area contributed by atoms with Crippen molar-refractivity contribution in [3.05, 3.63) is 41.4 Å². The van der Waals surface area contributed by atoms with Crippen molar-refractivity contribution < 1.29 is 22.6 Å². The number of rotatable bonds is 9. The summed E-state index contributed by atoms with van der Waals surface area (Å²) in [5.74, 6) is 1.26. The minimum absolute atomic E-state index is 0.108.